The monoisotopic (exact) mass is 380 g/mol. The lowest BCUT2D eigenvalue weighted by Crippen LogP contribution is -2.32. The Balaban J connectivity index is 1.80. The van der Waals surface area contributed by atoms with Gasteiger partial charge >= 0.3 is 0 Å². The summed E-state index contributed by atoms with van der Waals surface area (Å²) in [6.45, 7) is 0.438. The molecule has 1 saturated heterocycles. The van der Waals surface area contributed by atoms with Gasteiger partial charge in [-0.3, -0.25) is 4.98 Å². The number of aromatic hydroxyl groups is 1. The van der Waals surface area contributed by atoms with Crippen LogP contribution >= 0.6 is 12.2 Å². The highest BCUT2D eigenvalue weighted by Gasteiger charge is 2.40. The number of phenols is 1. The van der Waals surface area contributed by atoms with Crippen molar-refractivity contribution in [2.75, 3.05) is 13.2 Å². The van der Waals surface area contributed by atoms with Gasteiger partial charge in [-0.2, -0.15) is 0 Å². The number of β-amino-alcohol motifs (C(OH)–C–C–N with tert-alkyl or cyclic N) is 1. The summed E-state index contributed by atoms with van der Waals surface area (Å²) in [5.74, 6) is 0.226. The van der Waals surface area contributed by atoms with E-state index in [1.807, 2.05) is 53.6 Å². The molecule has 1 aliphatic heterocycles. The second-order valence-corrected chi connectivity index (χ2v) is 6.75. The molecular formula is C20H20N4O2S. The molecule has 0 unspecified atom stereocenters. The largest absolute Gasteiger partial charge is 0.508 e. The Morgan fingerprint density at radius 1 is 1.07 bits per heavy atom. The lowest BCUT2D eigenvalue weighted by atomic mass is 10.0. The Morgan fingerprint density at radius 2 is 1.89 bits per heavy atom. The Kier molecular flexibility index (Phi) is 4.79. The molecule has 3 aromatic rings. The molecular weight excluding hydrogens is 360 g/mol. The number of nitrogens with zero attached hydrogens (tertiary/aromatic N) is 3. The average Bonchev–Trinajstić information content (AvgIpc) is 3.28. The maximum atomic E-state index is 9.59. The molecule has 1 fully saturated rings. The number of rotatable bonds is 5. The Bertz CT molecular complexity index is 927. The van der Waals surface area contributed by atoms with Gasteiger partial charge < -0.3 is 25.0 Å². The van der Waals surface area contributed by atoms with Gasteiger partial charge in [0.05, 0.1) is 24.4 Å². The van der Waals surface area contributed by atoms with Gasteiger partial charge in [0.1, 0.15) is 5.75 Å². The minimum absolute atomic E-state index is 0.00712. The molecule has 3 N–H and O–H groups in total. The zero-order valence-electron chi connectivity index (χ0n) is 14.6. The molecule has 0 spiro atoms. The lowest BCUT2D eigenvalue weighted by Gasteiger charge is -2.28. The summed E-state index contributed by atoms with van der Waals surface area (Å²) in [6, 6.07) is 16.7. The number of benzene rings is 1. The summed E-state index contributed by atoms with van der Waals surface area (Å²) in [5, 5.41) is 23.1. The van der Waals surface area contributed by atoms with Crippen LogP contribution in [0.4, 0.5) is 0 Å². The number of phenolic OH excluding ortho intramolecular Hbond substituents is 1. The normalized spacial score (nSPS) is 19.3. The van der Waals surface area contributed by atoms with Gasteiger partial charge in [-0.05, 0) is 60.7 Å². The minimum Gasteiger partial charge on any atom is -0.508 e. The predicted molar refractivity (Wildman–Crippen MR) is 107 cm³/mol. The highest BCUT2D eigenvalue weighted by atomic mass is 32.1. The molecule has 0 amide bonds. The second kappa shape index (κ2) is 7.38. The second-order valence-electron chi connectivity index (χ2n) is 6.36. The van der Waals surface area contributed by atoms with E-state index in [0.717, 1.165) is 17.1 Å². The molecule has 0 saturated carbocycles. The van der Waals surface area contributed by atoms with E-state index in [4.69, 9.17) is 12.2 Å². The zero-order valence-corrected chi connectivity index (χ0v) is 15.4. The molecule has 0 radical (unpaired) electrons. The molecule has 6 nitrogen and oxygen atoms in total. The fourth-order valence-electron chi connectivity index (χ4n) is 3.56. The smallest absolute Gasteiger partial charge is 0.170 e. The number of aliphatic hydroxyl groups is 1. The first-order valence-corrected chi connectivity index (χ1v) is 9.15. The average molecular weight is 380 g/mol. The summed E-state index contributed by atoms with van der Waals surface area (Å²) in [6.07, 6.45) is 3.75. The van der Waals surface area contributed by atoms with Crippen molar-refractivity contribution in [1.82, 2.24) is 19.8 Å². The maximum Gasteiger partial charge on any atom is 0.170 e. The Morgan fingerprint density at radius 3 is 2.59 bits per heavy atom. The Labute approximate surface area is 162 Å². The highest BCUT2D eigenvalue weighted by molar-refractivity contribution is 7.80. The minimum atomic E-state index is -0.129. The standard InChI is InChI=1S/C20H20N4O2S/c25-13-12-24-19(18(22-20(24)27)16-4-1-2-10-21-16)17-5-3-11-23(17)14-6-8-15(26)9-7-14/h1-11,18-19,25-26H,12-13H2,(H,22,27)/t18-,19+/m1/s1. The molecule has 138 valence electrons. The number of nitrogens with one attached hydrogen (secondary N) is 1. The molecule has 3 heterocycles. The summed E-state index contributed by atoms with van der Waals surface area (Å²) in [4.78, 5) is 6.51. The number of hydrogen-bond acceptors (Lipinski definition) is 4. The topological polar surface area (TPSA) is 73.5 Å². The molecule has 7 heteroatoms. The van der Waals surface area contributed by atoms with Crippen molar-refractivity contribution < 1.29 is 10.2 Å². The van der Waals surface area contributed by atoms with Gasteiger partial charge in [-0.15, -0.1) is 0 Å². The van der Waals surface area contributed by atoms with Gasteiger partial charge in [0, 0.05) is 30.3 Å². The van der Waals surface area contributed by atoms with E-state index in [0.29, 0.717) is 11.7 Å². The third kappa shape index (κ3) is 3.27. The van der Waals surface area contributed by atoms with Crippen LogP contribution in [0.3, 0.4) is 0 Å². The number of aromatic nitrogens is 2. The first-order chi connectivity index (χ1) is 13.2. The molecule has 1 aromatic carbocycles. The van der Waals surface area contributed by atoms with Crippen molar-refractivity contribution in [3.05, 3.63) is 78.4 Å². The third-order valence-electron chi connectivity index (χ3n) is 4.75. The van der Waals surface area contributed by atoms with E-state index in [1.165, 1.54) is 0 Å². The molecule has 1 aliphatic rings. The highest BCUT2D eigenvalue weighted by Crippen LogP contribution is 2.39. The van der Waals surface area contributed by atoms with Gasteiger partial charge in [-0.25, -0.2) is 0 Å². The van der Waals surface area contributed by atoms with E-state index >= 15 is 0 Å². The van der Waals surface area contributed by atoms with Crippen molar-refractivity contribution in [3.8, 4) is 11.4 Å². The van der Waals surface area contributed by atoms with Crippen LogP contribution in [-0.4, -0.2) is 42.9 Å². The molecule has 0 aliphatic carbocycles. The van der Waals surface area contributed by atoms with Crippen molar-refractivity contribution in [2.45, 2.75) is 12.1 Å². The fraction of sp³-hybridized carbons (Fsp3) is 0.200. The van der Waals surface area contributed by atoms with Crippen LogP contribution in [-0.2, 0) is 0 Å². The maximum absolute atomic E-state index is 9.59. The van der Waals surface area contributed by atoms with E-state index in [-0.39, 0.29) is 24.4 Å². The van der Waals surface area contributed by atoms with E-state index in [1.54, 1.807) is 18.3 Å². The first-order valence-electron chi connectivity index (χ1n) is 8.74. The van der Waals surface area contributed by atoms with E-state index in [2.05, 4.69) is 14.9 Å². The number of pyridine rings is 1. The van der Waals surface area contributed by atoms with Crippen LogP contribution in [0.2, 0.25) is 0 Å². The van der Waals surface area contributed by atoms with E-state index < -0.39 is 0 Å². The zero-order chi connectivity index (χ0) is 18.8. The van der Waals surface area contributed by atoms with Crippen LogP contribution in [0.25, 0.3) is 5.69 Å². The molecule has 2 atom stereocenters. The van der Waals surface area contributed by atoms with Crippen LogP contribution in [0.5, 0.6) is 5.75 Å². The van der Waals surface area contributed by atoms with Gasteiger partial charge in [0.15, 0.2) is 5.11 Å². The van der Waals surface area contributed by atoms with Gasteiger partial charge in [0.2, 0.25) is 0 Å². The van der Waals surface area contributed by atoms with Gasteiger partial charge in [-0.1, -0.05) is 6.07 Å². The lowest BCUT2D eigenvalue weighted by molar-refractivity contribution is 0.220. The van der Waals surface area contributed by atoms with Crippen molar-refractivity contribution >= 4 is 17.3 Å². The third-order valence-corrected chi connectivity index (χ3v) is 5.10. The number of aliphatic hydroxyl groups excluding tert-OH is 1. The molecule has 2 aromatic heterocycles. The fourth-order valence-corrected chi connectivity index (χ4v) is 3.89. The number of thiocarbonyl (C=S) groups is 1. The summed E-state index contributed by atoms with van der Waals surface area (Å²) >= 11 is 5.54. The summed E-state index contributed by atoms with van der Waals surface area (Å²) in [5.41, 5.74) is 2.86. The SMILES string of the molecule is OCCN1C(=S)N[C@H](c2ccccn2)[C@@H]1c1cccn1-c1ccc(O)cc1. The molecule has 4 rings (SSSR count). The van der Waals surface area contributed by atoms with Crippen molar-refractivity contribution in [2.24, 2.45) is 0 Å². The number of hydrogen-bond donors (Lipinski definition) is 3. The van der Waals surface area contributed by atoms with Gasteiger partial charge in [0.25, 0.3) is 0 Å². The summed E-state index contributed by atoms with van der Waals surface area (Å²) < 4.78 is 2.07. The van der Waals surface area contributed by atoms with Crippen LogP contribution < -0.4 is 5.32 Å². The van der Waals surface area contributed by atoms with Crippen LogP contribution in [0, 0.1) is 0 Å². The van der Waals surface area contributed by atoms with Crippen molar-refractivity contribution in [1.29, 1.82) is 0 Å². The molecule has 0 bridgehead atoms. The molecule has 27 heavy (non-hydrogen) atoms. The van der Waals surface area contributed by atoms with Crippen LogP contribution in [0.1, 0.15) is 23.5 Å². The van der Waals surface area contributed by atoms with E-state index in [9.17, 15) is 10.2 Å². The van der Waals surface area contributed by atoms with Crippen LogP contribution in [0.15, 0.2) is 67.0 Å². The summed E-state index contributed by atoms with van der Waals surface area (Å²) in [7, 11) is 0. The first kappa shape index (κ1) is 17.5. The predicted octanol–water partition coefficient (Wildman–Crippen LogP) is 2.54. The van der Waals surface area contributed by atoms with Crippen molar-refractivity contribution in [3.63, 3.8) is 0 Å². The quantitative estimate of drug-likeness (QED) is 0.591. The Hall–Kier alpha value is -2.90.